The molecule has 1 aromatic heterocycles. The number of anilines is 1. The molecule has 2 bridgehead atoms. The van der Waals surface area contributed by atoms with Crippen LogP contribution >= 0.6 is 11.5 Å². The first-order valence-corrected chi connectivity index (χ1v) is 7.04. The zero-order valence-electron chi connectivity index (χ0n) is 10.2. The third-order valence-electron chi connectivity index (χ3n) is 4.17. The Hall–Kier alpha value is -1.38. The topological polar surface area (TPSA) is 75.1 Å². The van der Waals surface area contributed by atoms with Crippen molar-refractivity contribution in [2.45, 2.75) is 31.5 Å². The molecular formula is C11H12F3N3O2S. The number of nitrogens with zero attached hydrogens (tertiary/aromatic N) is 2. The number of carbonyl (C=O) groups is 1. The largest absolute Gasteiger partial charge is 0.481 e. The maximum Gasteiger partial charge on any atom is 0.452 e. The highest BCUT2D eigenvalue weighted by Crippen LogP contribution is 2.49. The molecule has 1 heterocycles. The van der Waals surface area contributed by atoms with Crippen LogP contribution in [0.25, 0.3) is 0 Å². The van der Waals surface area contributed by atoms with Gasteiger partial charge in [-0.05, 0) is 31.1 Å². The van der Waals surface area contributed by atoms with Gasteiger partial charge in [-0.1, -0.05) is 0 Å². The first kappa shape index (κ1) is 13.6. The summed E-state index contributed by atoms with van der Waals surface area (Å²) in [6, 6.07) is -0.347. The van der Waals surface area contributed by atoms with E-state index >= 15 is 0 Å². The summed E-state index contributed by atoms with van der Waals surface area (Å²) in [5, 5.41) is 12.2. The van der Waals surface area contributed by atoms with Crippen molar-refractivity contribution in [3.63, 3.8) is 0 Å². The molecule has 2 aliphatic rings. The lowest BCUT2D eigenvalue weighted by molar-refractivity contribution is -0.145. The molecule has 4 atom stereocenters. The molecule has 0 spiro atoms. The SMILES string of the molecule is O=C(O)C1C2CCC(C2)C1Nc1nc(C(F)(F)F)ns1. The average molecular weight is 307 g/mol. The van der Waals surface area contributed by atoms with E-state index in [1.807, 2.05) is 0 Å². The monoisotopic (exact) mass is 307 g/mol. The van der Waals surface area contributed by atoms with Crippen LogP contribution in [0.2, 0.25) is 0 Å². The van der Waals surface area contributed by atoms with E-state index in [-0.39, 0.29) is 23.0 Å². The van der Waals surface area contributed by atoms with Gasteiger partial charge in [0.25, 0.3) is 0 Å². The van der Waals surface area contributed by atoms with E-state index in [0.717, 1.165) is 19.3 Å². The second-order valence-corrected chi connectivity index (χ2v) is 6.04. The van der Waals surface area contributed by atoms with E-state index in [2.05, 4.69) is 14.7 Å². The molecule has 5 nitrogen and oxygen atoms in total. The number of aromatic nitrogens is 2. The molecule has 0 radical (unpaired) electrons. The second kappa shape index (κ2) is 4.57. The quantitative estimate of drug-likeness (QED) is 0.897. The lowest BCUT2D eigenvalue weighted by Crippen LogP contribution is -2.39. The van der Waals surface area contributed by atoms with Gasteiger partial charge in [0.2, 0.25) is 11.0 Å². The Morgan fingerprint density at radius 1 is 1.35 bits per heavy atom. The summed E-state index contributed by atoms with van der Waals surface area (Å²) in [6.07, 6.45) is -1.96. The smallest absolute Gasteiger partial charge is 0.452 e. The van der Waals surface area contributed by atoms with Gasteiger partial charge < -0.3 is 10.4 Å². The van der Waals surface area contributed by atoms with Gasteiger partial charge >= 0.3 is 12.1 Å². The zero-order chi connectivity index (χ0) is 14.5. The molecule has 1 aromatic rings. The number of aliphatic carboxylic acids is 1. The van der Waals surface area contributed by atoms with Crippen molar-refractivity contribution in [1.82, 2.24) is 9.36 Å². The molecule has 3 rings (SSSR count). The van der Waals surface area contributed by atoms with E-state index in [9.17, 15) is 23.1 Å². The molecule has 0 aliphatic heterocycles. The van der Waals surface area contributed by atoms with Crippen LogP contribution in [0.1, 0.15) is 25.1 Å². The Balaban J connectivity index is 1.77. The van der Waals surface area contributed by atoms with Crippen LogP contribution in [0.3, 0.4) is 0 Å². The van der Waals surface area contributed by atoms with E-state index in [1.165, 1.54) is 0 Å². The van der Waals surface area contributed by atoms with Gasteiger partial charge in [0.15, 0.2) is 0 Å². The summed E-state index contributed by atoms with van der Waals surface area (Å²) < 4.78 is 40.5. The molecule has 0 aromatic carbocycles. The molecule has 110 valence electrons. The van der Waals surface area contributed by atoms with Gasteiger partial charge in [-0.25, -0.2) is 0 Å². The minimum atomic E-state index is -4.57. The number of hydrogen-bond acceptors (Lipinski definition) is 5. The normalized spacial score (nSPS) is 32.5. The molecule has 9 heteroatoms. The fraction of sp³-hybridized carbons (Fsp3) is 0.727. The van der Waals surface area contributed by atoms with Crippen molar-refractivity contribution in [3.05, 3.63) is 5.82 Å². The van der Waals surface area contributed by atoms with E-state index in [4.69, 9.17) is 0 Å². The number of rotatable bonds is 3. The number of carboxylic acids is 1. The summed E-state index contributed by atoms with van der Waals surface area (Å²) in [6.45, 7) is 0. The van der Waals surface area contributed by atoms with Crippen LogP contribution < -0.4 is 5.32 Å². The maximum absolute atomic E-state index is 12.4. The summed E-state index contributed by atoms with van der Waals surface area (Å²) in [7, 11) is 0. The van der Waals surface area contributed by atoms with Crippen molar-refractivity contribution in [3.8, 4) is 0 Å². The highest BCUT2D eigenvalue weighted by atomic mass is 32.1. The molecule has 2 aliphatic carbocycles. The van der Waals surface area contributed by atoms with E-state index in [1.54, 1.807) is 0 Å². The number of hydrogen-bond donors (Lipinski definition) is 2. The van der Waals surface area contributed by atoms with E-state index in [0.29, 0.717) is 11.5 Å². The molecule has 4 unspecified atom stereocenters. The van der Waals surface area contributed by atoms with Crippen LogP contribution in [0.5, 0.6) is 0 Å². The first-order chi connectivity index (χ1) is 9.36. The van der Waals surface area contributed by atoms with Crippen molar-refractivity contribution < 1.29 is 23.1 Å². The second-order valence-electron chi connectivity index (χ2n) is 5.29. The number of fused-ring (bicyclic) bond motifs is 2. The van der Waals surface area contributed by atoms with Crippen molar-refractivity contribution in [2.75, 3.05) is 5.32 Å². The van der Waals surface area contributed by atoms with Gasteiger partial charge in [-0.3, -0.25) is 4.79 Å². The molecule has 20 heavy (non-hydrogen) atoms. The Morgan fingerprint density at radius 2 is 2.05 bits per heavy atom. The highest BCUT2D eigenvalue weighted by molar-refractivity contribution is 7.09. The van der Waals surface area contributed by atoms with Gasteiger partial charge in [0.05, 0.1) is 5.92 Å². The van der Waals surface area contributed by atoms with Crippen molar-refractivity contribution in [2.24, 2.45) is 17.8 Å². The molecule has 2 fully saturated rings. The van der Waals surface area contributed by atoms with Crippen molar-refractivity contribution in [1.29, 1.82) is 0 Å². The fourth-order valence-corrected chi connectivity index (χ4v) is 4.03. The fourth-order valence-electron chi connectivity index (χ4n) is 3.39. The zero-order valence-corrected chi connectivity index (χ0v) is 11.0. The lowest BCUT2D eigenvalue weighted by atomic mass is 9.84. The van der Waals surface area contributed by atoms with Crippen LogP contribution in [0, 0.1) is 17.8 Å². The van der Waals surface area contributed by atoms with Crippen LogP contribution in [0.4, 0.5) is 18.3 Å². The van der Waals surface area contributed by atoms with Crippen LogP contribution in [-0.2, 0) is 11.0 Å². The highest BCUT2D eigenvalue weighted by Gasteiger charge is 2.51. The summed E-state index contributed by atoms with van der Waals surface area (Å²) in [5.41, 5.74) is 0. The Morgan fingerprint density at radius 3 is 2.65 bits per heavy atom. The minimum absolute atomic E-state index is 0.0427. The minimum Gasteiger partial charge on any atom is -0.481 e. The summed E-state index contributed by atoms with van der Waals surface area (Å²) in [4.78, 5) is 14.7. The number of alkyl halides is 3. The molecule has 2 saturated carbocycles. The molecule has 0 amide bonds. The van der Waals surface area contributed by atoms with Crippen LogP contribution in [-0.4, -0.2) is 26.5 Å². The third-order valence-corrected chi connectivity index (χ3v) is 4.82. The summed E-state index contributed by atoms with van der Waals surface area (Å²) >= 11 is 0.619. The number of halogens is 3. The van der Waals surface area contributed by atoms with Gasteiger partial charge in [-0.2, -0.15) is 22.5 Å². The third kappa shape index (κ3) is 2.23. The molecule has 2 N–H and O–H groups in total. The lowest BCUT2D eigenvalue weighted by Gasteiger charge is -2.28. The standard InChI is InChI=1S/C11H12F3N3O2S/c12-11(13,14)9-16-10(20-17-9)15-7-5-2-1-4(3-5)6(7)8(18)19/h4-7H,1-3H2,(H,18,19)(H,15,16,17). The number of nitrogens with one attached hydrogen (secondary N) is 1. The Kier molecular flexibility index (Phi) is 3.11. The predicted octanol–water partition coefficient (Wildman–Crippen LogP) is 2.47. The van der Waals surface area contributed by atoms with E-state index < -0.39 is 23.9 Å². The maximum atomic E-state index is 12.4. The molecule has 0 saturated heterocycles. The molecular weight excluding hydrogens is 295 g/mol. The Labute approximate surface area is 116 Å². The average Bonchev–Trinajstić information content (AvgIpc) is 3.00. The summed E-state index contributed by atoms with van der Waals surface area (Å²) in [5.74, 6) is -2.31. The van der Waals surface area contributed by atoms with Crippen LogP contribution in [0.15, 0.2) is 0 Å². The number of carboxylic acid groups (broad SMARTS) is 1. The Bertz CT molecular complexity index is 533. The first-order valence-electron chi connectivity index (χ1n) is 6.26. The predicted molar refractivity (Wildman–Crippen MR) is 64.3 cm³/mol. The van der Waals surface area contributed by atoms with Crippen molar-refractivity contribution >= 4 is 22.6 Å². The van der Waals surface area contributed by atoms with Gasteiger partial charge in [-0.15, -0.1) is 0 Å². The van der Waals surface area contributed by atoms with Gasteiger partial charge in [0.1, 0.15) is 0 Å². The van der Waals surface area contributed by atoms with Gasteiger partial charge in [0, 0.05) is 17.6 Å².